The van der Waals surface area contributed by atoms with E-state index in [1.165, 1.54) is 4.57 Å². The van der Waals surface area contributed by atoms with Crippen LogP contribution in [0.1, 0.15) is 18.0 Å². The van der Waals surface area contributed by atoms with Gasteiger partial charge in [-0.25, -0.2) is 4.79 Å². The molecule has 0 saturated carbocycles. The number of likely N-dealkylation sites (N-methyl/N-ethyl adjacent to an activating group) is 1. The summed E-state index contributed by atoms with van der Waals surface area (Å²) in [5.74, 6) is -0.189. The smallest absolute Gasteiger partial charge is 0.328 e. The number of halogens is 1. The van der Waals surface area contributed by atoms with Gasteiger partial charge in [-0.3, -0.25) is 19.1 Å². The maximum atomic E-state index is 12.4. The van der Waals surface area contributed by atoms with Crippen LogP contribution < -0.4 is 16.6 Å². The summed E-state index contributed by atoms with van der Waals surface area (Å²) in [7, 11) is 3.85. The van der Waals surface area contributed by atoms with E-state index in [-0.39, 0.29) is 24.9 Å². The number of amides is 1. The van der Waals surface area contributed by atoms with Crippen LogP contribution in [0.3, 0.4) is 0 Å². The van der Waals surface area contributed by atoms with Crippen molar-refractivity contribution in [3.63, 3.8) is 0 Å². The predicted molar refractivity (Wildman–Crippen MR) is 114 cm³/mol. The predicted octanol–water partition coefficient (Wildman–Crippen LogP) is 2.15. The zero-order chi connectivity index (χ0) is 21.0. The zero-order valence-corrected chi connectivity index (χ0v) is 17.1. The Morgan fingerprint density at radius 1 is 1.14 bits per heavy atom. The number of nitrogens with one attached hydrogen (secondary N) is 2. The molecule has 1 heterocycles. The summed E-state index contributed by atoms with van der Waals surface area (Å²) in [5, 5.41) is 3.97. The summed E-state index contributed by atoms with van der Waals surface area (Å²) < 4.78 is 1.41. The Morgan fingerprint density at radius 2 is 1.83 bits per heavy atom. The van der Waals surface area contributed by atoms with Crippen LogP contribution in [0, 0.1) is 0 Å². The van der Waals surface area contributed by atoms with Crippen molar-refractivity contribution in [1.29, 1.82) is 0 Å². The minimum atomic E-state index is -0.524. The third-order valence-electron chi connectivity index (χ3n) is 4.85. The van der Waals surface area contributed by atoms with Gasteiger partial charge in [0.2, 0.25) is 5.91 Å². The minimum absolute atomic E-state index is 0.0794. The van der Waals surface area contributed by atoms with Crippen molar-refractivity contribution in [2.24, 2.45) is 0 Å². The van der Waals surface area contributed by atoms with E-state index in [1.54, 1.807) is 24.3 Å². The molecule has 1 atom stereocenters. The van der Waals surface area contributed by atoms with Crippen LogP contribution >= 0.6 is 11.6 Å². The topological polar surface area (TPSA) is 87.2 Å². The number of aromatic nitrogens is 2. The van der Waals surface area contributed by atoms with E-state index in [1.807, 2.05) is 43.3 Å². The monoisotopic (exact) mass is 414 g/mol. The largest absolute Gasteiger partial charge is 0.354 e. The van der Waals surface area contributed by atoms with Gasteiger partial charge in [-0.2, -0.15) is 0 Å². The van der Waals surface area contributed by atoms with Crippen molar-refractivity contribution >= 4 is 28.4 Å². The van der Waals surface area contributed by atoms with Crippen LogP contribution in [-0.4, -0.2) is 41.0 Å². The van der Waals surface area contributed by atoms with Gasteiger partial charge < -0.3 is 10.2 Å². The Labute approximate surface area is 172 Å². The highest BCUT2D eigenvalue weighted by Crippen LogP contribution is 2.25. The van der Waals surface area contributed by atoms with Gasteiger partial charge in [-0.1, -0.05) is 41.9 Å². The molecule has 2 N–H and O–H groups in total. The molecule has 1 amide bonds. The lowest BCUT2D eigenvalue weighted by atomic mass is 10.1. The number of para-hydroxylation sites is 1. The molecule has 7 nitrogen and oxygen atoms in total. The molecule has 3 rings (SSSR count). The highest BCUT2D eigenvalue weighted by molar-refractivity contribution is 6.31. The zero-order valence-electron chi connectivity index (χ0n) is 16.3. The Morgan fingerprint density at radius 3 is 2.55 bits per heavy atom. The second-order valence-corrected chi connectivity index (χ2v) is 7.39. The van der Waals surface area contributed by atoms with Gasteiger partial charge >= 0.3 is 5.69 Å². The Hall–Kier alpha value is -2.90. The number of aromatic amines is 1. The molecule has 2 aromatic carbocycles. The first-order valence-electron chi connectivity index (χ1n) is 9.28. The van der Waals surface area contributed by atoms with Gasteiger partial charge in [-0.05, 0) is 37.9 Å². The van der Waals surface area contributed by atoms with Crippen molar-refractivity contribution in [3.05, 3.63) is 80.0 Å². The number of rotatable bonds is 7. The Balaban J connectivity index is 1.69. The van der Waals surface area contributed by atoms with Gasteiger partial charge in [-0.15, -0.1) is 0 Å². The molecule has 29 heavy (non-hydrogen) atoms. The molecular weight excluding hydrogens is 392 g/mol. The fraction of sp³-hybridized carbons (Fsp3) is 0.286. The van der Waals surface area contributed by atoms with E-state index in [0.29, 0.717) is 22.5 Å². The highest BCUT2D eigenvalue weighted by atomic mass is 35.5. The SMILES string of the molecule is CN(C)C(CNC(=O)CCn1c(=O)[nH]c(=O)c2ccccc21)c1ccccc1Cl. The fourth-order valence-corrected chi connectivity index (χ4v) is 3.55. The van der Waals surface area contributed by atoms with E-state index >= 15 is 0 Å². The standard InChI is InChI=1S/C21H23ClN4O3/c1-25(2)18(14-7-3-5-9-16(14)22)13-23-19(27)11-12-26-17-10-6-4-8-15(17)20(28)24-21(26)29/h3-10,18H,11-13H2,1-2H3,(H,23,27)(H,24,28,29). The van der Waals surface area contributed by atoms with Crippen LogP contribution in [0.25, 0.3) is 10.9 Å². The lowest BCUT2D eigenvalue weighted by Gasteiger charge is -2.26. The van der Waals surface area contributed by atoms with Crippen LogP contribution in [0.2, 0.25) is 5.02 Å². The second-order valence-electron chi connectivity index (χ2n) is 6.98. The lowest BCUT2D eigenvalue weighted by molar-refractivity contribution is -0.121. The van der Waals surface area contributed by atoms with Gasteiger partial charge in [0.25, 0.3) is 5.56 Å². The molecule has 0 aliphatic heterocycles. The van der Waals surface area contributed by atoms with Gasteiger partial charge in [0.1, 0.15) is 0 Å². The van der Waals surface area contributed by atoms with Crippen LogP contribution in [0.5, 0.6) is 0 Å². The van der Waals surface area contributed by atoms with E-state index < -0.39 is 11.2 Å². The molecular formula is C21H23ClN4O3. The van der Waals surface area contributed by atoms with E-state index in [9.17, 15) is 14.4 Å². The second kappa shape index (κ2) is 9.07. The number of hydrogen-bond acceptors (Lipinski definition) is 4. The van der Waals surface area contributed by atoms with Gasteiger partial charge in [0, 0.05) is 24.5 Å². The van der Waals surface area contributed by atoms with Crippen molar-refractivity contribution in [1.82, 2.24) is 19.8 Å². The molecule has 0 saturated heterocycles. The van der Waals surface area contributed by atoms with Gasteiger partial charge in [0.15, 0.2) is 0 Å². The van der Waals surface area contributed by atoms with Crippen LogP contribution in [0.4, 0.5) is 0 Å². The average molecular weight is 415 g/mol. The van der Waals surface area contributed by atoms with Crippen molar-refractivity contribution < 1.29 is 4.79 Å². The average Bonchev–Trinajstić information content (AvgIpc) is 2.69. The molecule has 0 aliphatic carbocycles. The van der Waals surface area contributed by atoms with Crippen molar-refractivity contribution in [2.45, 2.75) is 19.0 Å². The minimum Gasteiger partial charge on any atom is -0.354 e. The molecule has 8 heteroatoms. The molecule has 3 aromatic rings. The first-order chi connectivity index (χ1) is 13.9. The van der Waals surface area contributed by atoms with Crippen LogP contribution in [-0.2, 0) is 11.3 Å². The molecule has 152 valence electrons. The first-order valence-corrected chi connectivity index (χ1v) is 9.65. The number of aryl methyl sites for hydroxylation is 1. The third kappa shape index (κ3) is 4.75. The van der Waals surface area contributed by atoms with Crippen LogP contribution in [0.15, 0.2) is 58.1 Å². The summed E-state index contributed by atoms with van der Waals surface area (Å²) in [5.41, 5.74) is 0.488. The molecule has 1 unspecified atom stereocenters. The maximum absolute atomic E-state index is 12.4. The lowest BCUT2D eigenvalue weighted by Crippen LogP contribution is -2.36. The quantitative estimate of drug-likeness (QED) is 0.620. The van der Waals surface area contributed by atoms with Gasteiger partial charge in [0.05, 0.1) is 16.9 Å². The molecule has 0 radical (unpaired) electrons. The molecule has 0 fully saturated rings. The fourth-order valence-electron chi connectivity index (χ4n) is 3.29. The Kier molecular flexibility index (Phi) is 6.51. The van der Waals surface area contributed by atoms with E-state index in [0.717, 1.165) is 5.56 Å². The van der Waals surface area contributed by atoms with E-state index in [2.05, 4.69) is 10.3 Å². The molecule has 1 aromatic heterocycles. The first kappa shape index (κ1) is 20.8. The Bertz CT molecular complexity index is 1140. The summed E-state index contributed by atoms with van der Waals surface area (Å²) in [6.45, 7) is 0.553. The molecule has 0 bridgehead atoms. The number of carbonyl (C=O) groups excluding carboxylic acids is 1. The number of carbonyl (C=O) groups is 1. The normalized spacial score (nSPS) is 12.3. The summed E-state index contributed by atoms with van der Waals surface area (Å²) in [4.78, 5) is 40.8. The number of H-pyrrole nitrogens is 1. The number of hydrogen-bond donors (Lipinski definition) is 2. The van der Waals surface area contributed by atoms with Crippen molar-refractivity contribution in [2.75, 3.05) is 20.6 Å². The maximum Gasteiger partial charge on any atom is 0.328 e. The summed E-state index contributed by atoms with van der Waals surface area (Å²) >= 11 is 6.30. The number of nitrogens with zero attached hydrogens (tertiary/aromatic N) is 2. The van der Waals surface area contributed by atoms with E-state index in [4.69, 9.17) is 11.6 Å². The number of fused-ring (bicyclic) bond motifs is 1. The highest BCUT2D eigenvalue weighted by Gasteiger charge is 2.18. The summed E-state index contributed by atoms with van der Waals surface area (Å²) in [6, 6.07) is 14.3. The molecule has 0 spiro atoms. The number of benzene rings is 2. The molecule has 0 aliphatic rings. The van der Waals surface area contributed by atoms with Crippen molar-refractivity contribution in [3.8, 4) is 0 Å². The summed E-state index contributed by atoms with van der Waals surface area (Å²) in [6.07, 6.45) is 0.110. The third-order valence-corrected chi connectivity index (χ3v) is 5.19.